The zero-order chi connectivity index (χ0) is 17.1. The number of aromatic amines is 1. The summed E-state index contributed by atoms with van der Waals surface area (Å²) in [6, 6.07) is 27.8. The Hall–Kier alpha value is -3.39. The van der Waals surface area contributed by atoms with Crippen molar-refractivity contribution >= 4 is 22.8 Å². The van der Waals surface area contributed by atoms with Crippen LogP contribution in [0.1, 0.15) is 15.9 Å². The van der Waals surface area contributed by atoms with Gasteiger partial charge in [0.1, 0.15) is 0 Å². The van der Waals surface area contributed by atoms with Crippen molar-refractivity contribution in [2.75, 3.05) is 0 Å². The predicted octanol–water partition coefficient (Wildman–Crippen LogP) is 5.73. The van der Waals surface area contributed by atoms with Crippen LogP contribution in [0.15, 0.2) is 91.0 Å². The average molecular weight is 323 g/mol. The van der Waals surface area contributed by atoms with Gasteiger partial charge >= 0.3 is 0 Å². The summed E-state index contributed by atoms with van der Waals surface area (Å²) in [5, 5.41) is 1.18. The smallest absolute Gasteiger partial charge is 0.185 e. The lowest BCUT2D eigenvalue weighted by atomic mass is 10.0. The third-order valence-electron chi connectivity index (χ3n) is 4.25. The lowest BCUT2D eigenvalue weighted by molar-refractivity contribution is 0.104. The maximum atomic E-state index is 12.3. The highest BCUT2D eigenvalue weighted by molar-refractivity contribution is 6.07. The lowest BCUT2D eigenvalue weighted by Crippen LogP contribution is -1.93. The SMILES string of the molecule is O=C(C=Cc1ccccc1-c1cc2ccccc2[nH]1)c1ccccc1. The van der Waals surface area contributed by atoms with Gasteiger partial charge in [0.15, 0.2) is 5.78 Å². The number of fused-ring (bicyclic) bond motifs is 1. The molecule has 4 aromatic rings. The fourth-order valence-corrected chi connectivity index (χ4v) is 2.97. The van der Waals surface area contributed by atoms with E-state index in [2.05, 4.69) is 29.2 Å². The second kappa shape index (κ2) is 6.62. The molecule has 0 spiro atoms. The Kier molecular flexibility index (Phi) is 4.01. The number of allylic oxidation sites excluding steroid dienone is 1. The van der Waals surface area contributed by atoms with Gasteiger partial charge in [-0.05, 0) is 23.8 Å². The van der Waals surface area contributed by atoms with Crippen molar-refractivity contribution in [1.82, 2.24) is 4.98 Å². The van der Waals surface area contributed by atoms with E-state index in [0.717, 1.165) is 22.3 Å². The van der Waals surface area contributed by atoms with E-state index in [1.54, 1.807) is 6.08 Å². The number of para-hydroxylation sites is 1. The first-order valence-electron chi connectivity index (χ1n) is 8.26. The summed E-state index contributed by atoms with van der Waals surface area (Å²) in [5.74, 6) is 0.00653. The zero-order valence-electron chi connectivity index (χ0n) is 13.6. The Morgan fingerprint density at radius 2 is 1.52 bits per heavy atom. The Bertz CT molecular complexity index is 1020. The van der Waals surface area contributed by atoms with Gasteiger partial charge in [0.2, 0.25) is 0 Å². The molecule has 1 aromatic heterocycles. The Balaban J connectivity index is 1.69. The van der Waals surface area contributed by atoms with E-state index in [9.17, 15) is 4.79 Å². The van der Waals surface area contributed by atoms with Gasteiger partial charge in [-0.1, -0.05) is 78.9 Å². The quantitative estimate of drug-likeness (QED) is 0.377. The van der Waals surface area contributed by atoms with E-state index < -0.39 is 0 Å². The van der Waals surface area contributed by atoms with Crippen LogP contribution in [0.4, 0.5) is 0 Å². The number of ketones is 1. The van der Waals surface area contributed by atoms with Crippen molar-refractivity contribution in [2.45, 2.75) is 0 Å². The zero-order valence-corrected chi connectivity index (χ0v) is 13.6. The molecule has 25 heavy (non-hydrogen) atoms. The molecular weight excluding hydrogens is 306 g/mol. The number of rotatable bonds is 4. The molecule has 1 N–H and O–H groups in total. The van der Waals surface area contributed by atoms with Crippen molar-refractivity contribution in [3.8, 4) is 11.3 Å². The minimum Gasteiger partial charge on any atom is -0.355 e. The van der Waals surface area contributed by atoms with E-state index in [0.29, 0.717) is 5.56 Å². The number of H-pyrrole nitrogens is 1. The molecule has 3 aromatic carbocycles. The molecule has 120 valence electrons. The highest BCUT2D eigenvalue weighted by Gasteiger charge is 2.07. The highest BCUT2D eigenvalue weighted by Crippen LogP contribution is 2.27. The summed E-state index contributed by atoms with van der Waals surface area (Å²) in [6.07, 6.45) is 3.52. The number of hydrogen-bond donors (Lipinski definition) is 1. The Morgan fingerprint density at radius 1 is 0.800 bits per heavy atom. The van der Waals surface area contributed by atoms with Gasteiger partial charge in [0.25, 0.3) is 0 Å². The standard InChI is InChI=1S/C23H17NO/c25-23(18-9-2-1-3-10-18)15-14-17-8-4-6-12-20(17)22-16-19-11-5-7-13-21(19)24-22/h1-16,24H. The van der Waals surface area contributed by atoms with Crippen LogP contribution in [0.25, 0.3) is 28.2 Å². The maximum Gasteiger partial charge on any atom is 0.185 e. The molecule has 0 radical (unpaired) electrons. The molecule has 0 aliphatic carbocycles. The van der Waals surface area contributed by atoms with Gasteiger partial charge in [-0.15, -0.1) is 0 Å². The first-order chi connectivity index (χ1) is 12.3. The lowest BCUT2D eigenvalue weighted by Gasteiger charge is -2.03. The van der Waals surface area contributed by atoms with Crippen LogP contribution in [0.5, 0.6) is 0 Å². The largest absolute Gasteiger partial charge is 0.355 e. The van der Waals surface area contributed by atoms with Gasteiger partial charge in [-0.2, -0.15) is 0 Å². The number of benzene rings is 3. The summed E-state index contributed by atoms with van der Waals surface area (Å²) in [7, 11) is 0. The molecular formula is C23H17NO. The molecule has 0 atom stereocenters. The van der Waals surface area contributed by atoms with Crippen molar-refractivity contribution < 1.29 is 4.79 Å². The summed E-state index contributed by atoms with van der Waals surface area (Å²) >= 11 is 0. The molecule has 0 saturated carbocycles. The first-order valence-corrected chi connectivity index (χ1v) is 8.26. The third-order valence-corrected chi connectivity index (χ3v) is 4.25. The summed E-state index contributed by atoms with van der Waals surface area (Å²) in [6.45, 7) is 0. The second-order valence-electron chi connectivity index (χ2n) is 5.92. The van der Waals surface area contributed by atoms with E-state index in [-0.39, 0.29) is 5.78 Å². The number of carbonyl (C=O) groups is 1. The van der Waals surface area contributed by atoms with Gasteiger partial charge in [0, 0.05) is 27.7 Å². The number of nitrogens with one attached hydrogen (secondary N) is 1. The van der Waals surface area contributed by atoms with Gasteiger partial charge in [-0.3, -0.25) is 4.79 Å². The topological polar surface area (TPSA) is 32.9 Å². The normalized spacial score (nSPS) is 11.2. The van der Waals surface area contributed by atoms with Crippen molar-refractivity contribution in [3.05, 3.63) is 102 Å². The van der Waals surface area contributed by atoms with Gasteiger partial charge in [-0.25, -0.2) is 0 Å². The van der Waals surface area contributed by atoms with E-state index >= 15 is 0 Å². The highest BCUT2D eigenvalue weighted by atomic mass is 16.1. The van der Waals surface area contributed by atoms with Gasteiger partial charge in [0.05, 0.1) is 0 Å². The van der Waals surface area contributed by atoms with Crippen molar-refractivity contribution in [2.24, 2.45) is 0 Å². The minimum atomic E-state index is 0.00653. The summed E-state index contributed by atoms with van der Waals surface area (Å²) in [4.78, 5) is 15.8. The first kappa shape index (κ1) is 15.2. The fraction of sp³-hybridized carbons (Fsp3) is 0. The summed E-state index contributed by atoms with van der Waals surface area (Å²) in [5.41, 5.74) is 4.95. The number of aromatic nitrogens is 1. The molecule has 2 nitrogen and oxygen atoms in total. The fourth-order valence-electron chi connectivity index (χ4n) is 2.97. The van der Waals surface area contributed by atoms with Crippen molar-refractivity contribution in [3.63, 3.8) is 0 Å². The molecule has 0 fully saturated rings. The molecule has 0 bridgehead atoms. The molecule has 0 amide bonds. The maximum absolute atomic E-state index is 12.3. The molecule has 4 rings (SSSR count). The molecule has 0 aliphatic heterocycles. The average Bonchev–Trinajstić information content (AvgIpc) is 3.11. The van der Waals surface area contributed by atoms with E-state index in [1.807, 2.05) is 66.7 Å². The number of carbonyl (C=O) groups excluding carboxylic acids is 1. The minimum absolute atomic E-state index is 0.00653. The second-order valence-corrected chi connectivity index (χ2v) is 5.92. The Labute approximate surface area is 146 Å². The van der Waals surface area contributed by atoms with Crippen LogP contribution in [0.3, 0.4) is 0 Å². The summed E-state index contributed by atoms with van der Waals surface area (Å²) < 4.78 is 0. The Morgan fingerprint density at radius 3 is 2.36 bits per heavy atom. The van der Waals surface area contributed by atoms with Crippen LogP contribution in [-0.4, -0.2) is 10.8 Å². The van der Waals surface area contributed by atoms with Crippen LogP contribution in [0, 0.1) is 0 Å². The molecule has 0 unspecified atom stereocenters. The third kappa shape index (κ3) is 3.15. The van der Waals surface area contributed by atoms with Crippen LogP contribution in [-0.2, 0) is 0 Å². The predicted molar refractivity (Wildman–Crippen MR) is 104 cm³/mol. The van der Waals surface area contributed by atoms with Crippen molar-refractivity contribution in [1.29, 1.82) is 0 Å². The van der Waals surface area contributed by atoms with E-state index in [1.165, 1.54) is 5.39 Å². The monoisotopic (exact) mass is 323 g/mol. The van der Waals surface area contributed by atoms with E-state index in [4.69, 9.17) is 0 Å². The van der Waals surface area contributed by atoms with Crippen LogP contribution >= 0.6 is 0 Å². The van der Waals surface area contributed by atoms with Crippen LogP contribution in [0.2, 0.25) is 0 Å². The molecule has 0 aliphatic rings. The molecule has 2 heteroatoms. The van der Waals surface area contributed by atoms with Crippen LogP contribution < -0.4 is 0 Å². The van der Waals surface area contributed by atoms with Gasteiger partial charge < -0.3 is 4.98 Å². The molecule has 1 heterocycles. The molecule has 0 saturated heterocycles. The number of hydrogen-bond acceptors (Lipinski definition) is 1.